The van der Waals surface area contributed by atoms with Gasteiger partial charge in [0.15, 0.2) is 0 Å². The molecule has 10 heteroatoms. The lowest BCUT2D eigenvalue weighted by Crippen LogP contribution is -2.40. The van der Waals surface area contributed by atoms with Gasteiger partial charge < -0.3 is 14.6 Å². The number of sulfonamides is 1. The van der Waals surface area contributed by atoms with Gasteiger partial charge in [0.05, 0.1) is 39.9 Å². The monoisotopic (exact) mass is 448 g/mol. The molecule has 4 rings (SSSR count). The number of nitrogens with one attached hydrogen (secondary N) is 1. The van der Waals surface area contributed by atoms with Crippen molar-refractivity contribution in [2.45, 2.75) is 18.4 Å². The first kappa shape index (κ1) is 20.8. The highest BCUT2D eigenvalue weighted by Crippen LogP contribution is 2.27. The first-order valence-electron chi connectivity index (χ1n) is 9.45. The van der Waals surface area contributed by atoms with E-state index in [1.165, 1.54) is 22.5 Å². The molecule has 1 saturated heterocycles. The zero-order valence-corrected chi connectivity index (χ0v) is 17.9. The van der Waals surface area contributed by atoms with Crippen LogP contribution >= 0.6 is 11.6 Å². The number of aromatic nitrogens is 2. The second kappa shape index (κ2) is 8.35. The molecule has 0 radical (unpaired) electrons. The SMILES string of the molecule is Cc1nc2ccccc2n1CC(=O)Nc1cc(S(=O)(=O)N2CCOCC2)ccc1Cl. The molecule has 1 amide bonds. The number of fused-ring (bicyclic) bond motifs is 1. The topological polar surface area (TPSA) is 93.5 Å². The molecule has 1 aromatic heterocycles. The van der Waals surface area contributed by atoms with Crippen LogP contribution in [0.1, 0.15) is 5.82 Å². The van der Waals surface area contributed by atoms with Crippen LogP contribution < -0.4 is 5.32 Å². The number of aryl methyl sites for hydroxylation is 1. The maximum absolute atomic E-state index is 12.9. The number of benzene rings is 2. The molecule has 0 unspecified atom stereocenters. The Morgan fingerprint density at radius 2 is 1.93 bits per heavy atom. The van der Waals surface area contributed by atoms with Gasteiger partial charge in [0.2, 0.25) is 15.9 Å². The highest BCUT2D eigenvalue weighted by molar-refractivity contribution is 7.89. The molecule has 3 aromatic rings. The lowest BCUT2D eigenvalue weighted by Gasteiger charge is -2.26. The van der Waals surface area contributed by atoms with Gasteiger partial charge in [0.1, 0.15) is 12.4 Å². The molecular weight excluding hydrogens is 428 g/mol. The number of carbonyl (C=O) groups is 1. The van der Waals surface area contributed by atoms with Crippen LogP contribution in [0, 0.1) is 6.92 Å². The lowest BCUT2D eigenvalue weighted by atomic mass is 10.3. The molecule has 2 heterocycles. The molecule has 0 aliphatic carbocycles. The van der Waals surface area contributed by atoms with Crippen LogP contribution in [0.15, 0.2) is 47.4 Å². The molecule has 30 heavy (non-hydrogen) atoms. The number of amides is 1. The first-order chi connectivity index (χ1) is 14.4. The van der Waals surface area contributed by atoms with Gasteiger partial charge in [-0.2, -0.15) is 4.31 Å². The Morgan fingerprint density at radius 3 is 2.70 bits per heavy atom. The van der Waals surface area contributed by atoms with Gasteiger partial charge in [-0.3, -0.25) is 4.79 Å². The molecule has 8 nitrogen and oxygen atoms in total. The van der Waals surface area contributed by atoms with Crippen molar-refractivity contribution in [1.29, 1.82) is 0 Å². The summed E-state index contributed by atoms with van der Waals surface area (Å²) in [5.74, 6) is 0.380. The lowest BCUT2D eigenvalue weighted by molar-refractivity contribution is -0.116. The number of nitrogens with zero attached hydrogens (tertiary/aromatic N) is 3. The summed E-state index contributed by atoms with van der Waals surface area (Å²) in [5.41, 5.74) is 1.90. The maximum atomic E-state index is 12.9. The van der Waals surface area contributed by atoms with E-state index in [0.717, 1.165) is 11.0 Å². The number of hydrogen-bond donors (Lipinski definition) is 1. The molecule has 158 valence electrons. The third-order valence-electron chi connectivity index (χ3n) is 4.97. The predicted molar refractivity (Wildman–Crippen MR) is 114 cm³/mol. The number of ether oxygens (including phenoxy) is 1. The van der Waals surface area contributed by atoms with Crippen LogP contribution in [0.3, 0.4) is 0 Å². The fraction of sp³-hybridized carbons (Fsp3) is 0.300. The standard InChI is InChI=1S/C20H21ClN4O4S/c1-14-22-17-4-2-3-5-19(17)25(14)13-20(26)23-18-12-15(6-7-16(18)21)30(27,28)24-8-10-29-11-9-24/h2-7,12H,8-11,13H2,1H3,(H,23,26). The highest BCUT2D eigenvalue weighted by atomic mass is 35.5. The minimum absolute atomic E-state index is 0.0309. The minimum Gasteiger partial charge on any atom is -0.379 e. The summed E-state index contributed by atoms with van der Waals surface area (Å²) in [6.45, 7) is 3.15. The van der Waals surface area contributed by atoms with Crippen molar-refractivity contribution in [3.8, 4) is 0 Å². The molecule has 1 fully saturated rings. The van der Waals surface area contributed by atoms with Crippen molar-refractivity contribution < 1.29 is 17.9 Å². The Labute approximate surface area is 179 Å². The zero-order chi connectivity index (χ0) is 21.3. The van der Waals surface area contributed by atoms with E-state index in [4.69, 9.17) is 16.3 Å². The number of halogens is 1. The molecule has 1 aliphatic rings. The van der Waals surface area contributed by atoms with Crippen LogP contribution in [0.2, 0.25) is 5.02 Å². The van der Waals surface area contributed by atoms with E-state index in [0.29, 0.717) is 32.1 Å². The summed E-state index contributed by atoms with van der Waals surface area (Å²) in [6.07, 6.45) is 0. The van der Waals surface area contributed by atoms with Crippen LogP contribution in [0.25, 0.3) is 11.0 Å². The van der Waals surface area contributed by atoms with E-state index in [9.17, 15) is 13.2 Å². The molecule has 1 aliphatic heterocycles. The normalized spacial score (nSPS) is 15.4. The average Bonchev–Trinajstić information content (AvgIpc) is 3.05. The van der Waals surface area contributed by atoms with Gasteiger partial charge in [-0.25, -0.2) is 13.4 Å². The molecular formula is C20H21ClN4O4S. The molecule has 0 bridgehead atoms. The Hall–Kier alpha value is -2.46. The number of imidazole rings is 1. The number of hydrogen-bond acceptors (Lipinski definition) is 5. The minimum atomic E-state index is -3.69. The Balaban J connectivity index is 1.56. The Bertz CT molecular complexity index is 1200. The van der Waals surface area contributed by atoms with Crippen molar-refractivity contribution in [3.63, 3.8) is 0 Å². The van der Waals surface area contributed by atoms with Crippen LogP contribution in [0.4, 0.5) is 5.69 Å². The summed E-state index contributed by atoms with van der Waals surface area (Å²) in [4.78, 5) is 17.2. The largest absolute Gasteiger partial charge is 0.379 e. The molecule has 2 aromatic carbocycles. The van der Waals surface area contributed by atoms with E-state index in [1.54, 1.807) is 4.57 Å². The van der Waals surface area contributed by atoms with Crippen molar-refractivity contribution in [2.24, 2.45) is 0 Å². The third kappa shape index (κ3) is 4.06. The van der Waals surface area contributed by atoms with Gasteiger partial charge in [-0.15, -0.1) is 0 Å². The second-order valence-corrected chi connectivity index (χ2v) is 9.29. The fourth-order valence-corrected chi connectivity index (χ4v) is 5.03. The Morgan fingerprint density at radius 1 is 1.20 bits per heavy atom. The van der Waals surface area contributed by atoms with Gasteiger partial charge in [-0.1, -0.05) is 23.7 Å². The quantitative estimate of drug-likeness (QED) is 0.647. The van der Waals surface area contributed by atoms with E-state index in [1.807, 2.05) is 31.2 Å². The van der Waals surface area contributed by atoms with E-state index in [2.05, 4.69) is 10.3 Å². The predicted octanol–water partition coefficient (Wildman–Crippen LogP) is 2.66. The van der Waals surface area contributed by atoms with Gasteiger partial charge >= 0.3 is 0 Å². The Kier molecular flexibility index (Phi) is 5.79. The van der Waals surface area contributed by atoms with Crippen molar-refractivity contribution in [1.82, 2.24) is 13.9 Å². The van der Waals surface area contributed by atoms with Gasteiger partial charge in [0, 0.05) is 13.1 Å². The third-order valence-corrected chi connectivity index (χ3v) is 7.19. The summed E-state index contributed by atoms with van der Waals surface area (Å²) in [6, 6.07) is 11.9. The maximum Gasteiger partial charge on any atom is 0.244 e. The van der Waals surface area contributed by atoms with E-state index < -0.39 is 10.0 Å². The van der Waals surface area contributed by atoms with Gasteiger partial charge in [0.25, 0.3) is 0 Å². The molecule has 1 N–H and O–H groups in total. The molecule has 0 spiro atoms. The average molecular weight is 449 g/mol. The van der Waals surface area contributed by atoms with Crippen LogP contribution in [-0.4, -0.2) is 54.5 Å². The summed E-state index contributed by atoms with van der Waals surface area (Å²) in [7, 11) is -3.69. The zero-order valence-electron chi connectivity index (χ0n) is 16.3. The summed E-state index contributed by atoms with van der Waals surface area (Å²) in [5, 5.41) is 2.99. The number of anilines is 1. The smallest absolute Gasteiger partial charge is 0.244 e. The highest BCUT2D eigenvalue weighted by Gasteiger charge is 2.27. The number of morpholine rings is 1. The molecule has 0 atom stereocenters. The number of carbonyl (C=O) groups excluding carboxylic acids is 1. The van der Waals surface area contributed by atoms with E-state index in [-0.39, 0.29) is 28.1 Å². The van der Waals surface area contributed by atoms with Crippen LogP contribution in [0.5, 0.6) is 0 Å². The number of para-hydroxylation sites is 2. The van der Waals surface area contributed by atoms with Crippen molar-refractivity contribution in [2.75, 3.05) is 31.6 Å². The molecule has 0 saturated carbocycles. The van der Waals surface area contributed by atoms with Gasteiger partial charge in [-0.05, 0) is 37.3 Å². The van der Waals surface area contributed by atoms with Crippen molar-refractivity contribution >= 4 is 44.3 Å². The van der Waals surface area contributed by atoms with E-state index >= 15 is 0 Å². The number of rotatable bonds is 5. The summed E-state index contributed by atoms with van der Waals surface area (Å²) >= 11 is 6.22. The fourth-order valence-electron chi connectivity index (χ4n) is 3.43. The second-order valence-electron chi connectivity index (χ2n) is 6.94. The first-order valence-corrected chi connectivity index (χ1v) is 11.3. The van der Waals surface area contributed by atoms with Crippen molar-refractivity contribution in [3.05, 3.63) is 53.3 Å². The summed E-state index contributed by atoms with van der Waals surface area (Å²) < 4.78 is 34.2. The van der Waals surface area contributed by atoms with Crippen LogP contribution in [-0.2, 0) is 26.1 Å².